The van der Waals surface area contributed by atoms with Crippen LogP contribution in [-0.2, 0) is 0 Å². The highest BCUT2D eigenvalue weighted by Crippen LogP contribution is 2.22. The first kappa shape index (κ1) is 24.5. The molecule has 0 aromatic carbocycles. The van der Waals surface area contributed by atoms with Crippen molar-refractivity contribution in [2.45, 2.75) is 113 Å². The molecule has 0 N–H and O–H groups in total. The van der Waals surface area contributed by atoms with E-state index in [2.05, 4.69) is 66.7 Å². The molecule has 0 spiro atoms. The zero-order valence-corrected chi connectivity index (χ0v) is 18.6. The number of hydrogen-bond acceptors (Lipinski definition) is 0. The Balaban J connectivity index is 3.66. The van der Waals surface area contributed by atoms with E-state index in [9.17, 15) is 0 Å². The SMILES string of the molecule is CC(=CC/C=C/C(C)C)CCCC(C)CCCC(C)CCCC(C)C. The van der Waals surface area contributed by atoms with Crippen molar-refractivity contribution in [2.24, 2.45) is 23.7 Å². The second kappa shape index (κ2) is 15.7. The molecule has 0 rings (SSSR count). The number of allylic oxidation sites excluding steroid dienone is 4. The Bertz CT molecular complexity index is 345. The third kappa shape index (κ3) is 18.1. The van der Waals surface area contributed by atoms with E-state index in [0.717, 1.165) is 24.2 Å². The normalized spacial score (nSPS) is 15.5. The molecule has 0 heterocycles. The van der Waals surface area contributed by atoms with E-state index in [4.69, 9.17) is 0 Å². The van der Waals surface area contributed by atoms with Gasteiger partial charge in [-0.05, 0) is 49.9 Å². The van der Waals surface area contributed by atoms with Gasteiger partial charge < -0.3 is 0 Å². The summed E-state index contributed by atoms with van der Waals surface area (Å²) in [6.45, 7) is 16.4. The fourth-order valence-electron chi connectivity index (χ4n) is 3.43. The zero-order valence-electron chi connectivity index (χ0n) is 18.6. The molecule has 25 heavy (non-hydrogen) atoms. The van der Waals surface area contributed by atoms with Gasteiger partial charge in [-0.3, -0.25) is 0 Å². The van der Waals surface area contributed by atoms with Gasteiger partial charge in [0.2, 0.25) is 0 Å². The number of rotatable bonds is 15. The van der Waals surface area contributed by atoms with Crippen LogP contribution in [-0.4, -0.2) is 0 Å². The summed E-state index contributed by atoms with van der Waals surface area (Å²) in [5.74, 6) is 3.37. The zero-order chi connectivity index (χ0) is 19.1. The topological polar surface area (TPSA) is 0 Å². The van der Waals surface area contributed by atoms with Crippen LogP contribution in [0.3, 0.4) is 0 Å². The molecule has 0 bridgehead atoms. The van der Waals surface area contributed by atoms with Crippen molar-refractivity contribution in [3.63, 3.8) is 0 Å². The minimum atomic E-state index is 0.674. The smallest absolute Gasteiger partial charge is 0.0167 e. The van der Waals surface area contributed by atoms with Gasteiger partial charge in [-0.1, -0.05) is 110 Å². The molecule has 0 saturated carbocycles. The summed E-state index contributed by atoms with van der Waals surface area (Å²) < 4.78 is 0. The highest BCUT2D eigenvalue weighted by Gasteiger charge is 2.06. The van der Waals surface area contributed by atoms with Gasteiger partial charge in [-0.25, -0.2) is 0 Å². The van der Waals surface area contributed by atoms with Gasteiger partial charge >= 0.3 is 0 Å². The molecule has 0 saturated heterocycles. The molecular weight excluding hydrogens is 300 g/mol. The van der Waals surface area contributed by atoms with E-state index < -0.39 is 0 Å². The summed E-state index contributed by atoms with van der Waals surface area (Å²) in [4.78, 5) is 0. The highest BCUT2D eigenvalue weighted by atomic mass is 14.1. The molecule has 0 aromatic rings. The van der Waals surface area contributed by atoms with Crippen LogP contribution in [0.1, 0.15) is 113 Å². The van der Waals surface area contributed by atoms with Gasteiger partial charge in [0, 0.05) is 0 Å². The monoisotopic (exact) mass is 348 g/mol. The van der Waals surface area contributed by atoms with Crippen molar-refractivity contribution in [3.05, 3.63) is 23.8 Å². The van der Waals surface area contributed by atoms with Crippen molar-refractivity contribution in [1.82, 2.24) is 0 Å². The predicted molar refractivity (Wildman–Crippen MR) is 117 cm³/mol. The summed E-state index contributed by atoms with van der Waals surface area (Å²) >= 11 is 0. The van der Waals surface area contributed by atoms with Crippen LogP contribution in [0.4, 0.5) is 0 Å². The van der Waals surface area contributed by atoms with Crippen molar-refractivity contribution in [2.75, 3.05) is 0 Å². The van der Waals surface area contributed by atoms with Crippen LogP contribution in [0.25, 0.3) is 0 Å². The largest absolute Gasteiger partial charge is 0.0857 e. The van der Waals surface area contributed by atoms with E-state index in [1.807, 2.05) is 0 Å². The van der Waals surface area contributed by atoms with Gasteiger partial charge in [0.25, 0.3) is 0 Å². The molecule has 0 aliphatic rings. The lowest BCUT2D eigenvalue weighted by atomic mass is 9.91. The second-order valence-corrected chi connectivity index (χ2v) is 9.32. The fraction of sp³-hybridized carbons (Fsp3) is 0.840. The molecule has 0 aromatic heterocycles. The fourth-order valence-corrected chi connectivity index (χ4v) is 3.43. The quantitative estimate of drug-likeness (QED) is 0.259. The summed E-state index contributed by atoms with van der Waals surface area (Å²) in [6.07, 6.45) is 20.7. The number of hydrogen-bond donors (Lipinski definition) is 0. The van der Waals surface area contributed by atoms with E-state index in [0.29, 0.717) is 5.92 Å². The van der Waals surface area contributed by atoms with E-state index in [1.165, 1.54) is 57.8 Å². The van der Waals surface area contributed by atoms with Crippen LogP contribution >= 0.6 is 0 Å². The van der Waals surface area contributed by atoms with E-state index in [1.54, 1.807) is 5.57 Å². The molecule has 0 heteroatoms. The average Bonchev–Trinajstić information content (AvgIpc) is 2.51. The molecule has 0 nitrogen and oxygen atoms in total. The molecule has 0 aliphatic heterocycles. The molecule has 0 radical (unpaired) electrons. The Morgan fingerprint density at radius 1 is 0.720 bits per heavy atom. The lowest BCUT2D eigenvalue weighted by Gasteiger charge is -2.15. The first-order valence-electron chi connectivity index (χ1n) is 11.1. The summed E-state index contributed by atoms with van der Waals surface area (Å²) in [7, 11) is 0. The molecule has 0 fully saturated rings. The Morgan fingerprint density at radius 2 is 1.24 bits per heavy atom. The summed E-state index contributed by atoms with van der Waals surface area (Å²) in [5.41, 5.74) is 1.57. The van der Waals surface area contributed by atoms with Crippen LogP contribution in [0.15, 0.2) is 23.8 Å². The van der Waals surface area contributed by atoms with Crippen molar-refractivity contribution in [3.8, 4) is 0 Å². The first-order valence-corrected chi connectivity index (χ1v) is 11.1. The molecule has 148 valence electrons. The van der Waals surface area contributed by atoms with Crippen LogP contribution in [0.5, 0.6) is 0 Å². The minimum absolute atomic E-state index is 0.674. The maximum absolute atomic E-state index is 2.45. The third-order valence-corrected chi connectivity index (χ3v) is 5.26. The Morgan fingerprint density at radius 3 is 1.76 bits per heavy atom. The average molecular weight is 349 g/mol. The van der Waals surface area contributed by atoms with E-state index >= 15 is 0 Å². The lowest BCUT2D eigenvalue weighted by molar-refractivity contribution is 0.389. The molecule has 2 unspecified atom stereocenters. The molecule has 2 atom stereocenters. The summed E-state index contributed by atoms with van der Waals surface area (Å²) in [6, 6.07) is 0. The van der Waals surface area contributed by atoms with Gasteiger partial charge in [0.15, 0.2) is 0 Å². The van der Waals surface area contributed by atoms with E-state index in [-0.39, 0.29) is 0 Å². The standard InChI is InChI=1S/C25H48/c1-21(2)13-8-9-15-23(5)17-11-19-25(7)20-12-18-24(6)16-10-14-22(3)4/h8,13,15,21-22,24-25H,9-12,14,16-20H2,1-7H3/b13-8+,23-15?. The van der Waals surface area contributed by atoms with Crippen molar-refractivity contribution >= 4 is 0 Å². The van der Waals surface area contributed by atoms with Crippen LogP contribution in [0.2, 0.25) is 0 Å². The Hall–Kier alpha value is -0.520. The lowest BCUT2D eigenvalue weighted by Crippen LogP contribution is -2.00. The summed E-state index contributed by atoms with van der Waals surface area (Å²) in [5, 5.41) is 0. The molecule has 0 amide bonds. The third-order valence-electron chi connectivity index (χ3n) is 5.26. The second-order valence-electron chi connectivity index (χ2n) is 9.32. The molecule has 0 aliphatic carbocycles. The first-order chi connectivity index (χ1) is 11.8. The van der Waals surface area contributed by atoms with Crippen LogP contribution in [0, 0.1) is 23.7 Å². The van der Waals surface area contributed by atoms with Gasteiger partial charge in [-0.15, -0.1) is 0 Å². The highest BCUT2D eigenvalue weighted by molar-refractivity contribution is 5.02. The maximum Gasteiger partial charge on any atom is -0.0167 e. The van der Waals surface area contributed by atoms with Gasteiger partial charge in [0.05, 0.1) is 0 Å². The Labute approximate surface area is 160 Å². The van der Waals surface area contributed by atoms with Crippen molar-refractivity contribution < 1.29 is 0 Å². The van der Waals surface area contributed by atoms with Gasteiger partial charge in [0.1, 0.15) is 0 Å². The Kier molecular flexibility index (Phi) is 15.4. The van der Waals surface area contributed by atoms with Crippen molar-refractivity contribution in [1.29, 1.82) is 0 Å². The minimum Gasteiger partial charge on any atom is -0.0857 e. The molecular formula is C25H48. The van der Waals surface area contributed by atoms with Crippen LogP contribution < -0.4 is 0 Å². The predicted octanol–water partition coefficient (Wildman–Crippen LogP) is 8.97. The maximum atomic E-state index is 2.45. The van der Waals surface area contributed by atoms with Gasteiger partial charge in [-0.2, -0.15) is 0 Å².